The fourth-order valence-corrected chi connectivity index (χ4v) is 3.97. The Balaban J connectivity index is 1.36. The first kappa shape index (κ1) is 23.5. The van der Waals surface area contributed by atoms with E-state index in [0.717, 1.165) is 5.56 Å². The summed E-state index contributed by atoms with van der Waals surface area (Å²) in [5.41, 5.74) is 2.63. The van der Waals surface area contributed by atoms with Crippen molar-refractivity contribution in [2.24, 2.45) is 0 Å². The highest BCUT2D eigenvalue weighted by molar-refractivity contribution is 7.83. The minimum Gasteiger partial charge on any atom is -0.476 e. The number of nitrogens with zero attached hydrogens (tertiary/aromatic N) is 2. The van der Waals surface area contributed by atoms with E-state index < -0.39 is 22.7 Å². The number of benzene rings is 3. The van der Waals surface area contributed by atoms with Crippen molar-refractivity contribution in [3.63, 3.8) is 0 Å². The summed E-state index contributed by atoms with van der Waals surface area (Å²) >= 11 is 5.89. The van der Waals surface area contributed by atoms with E-state index in [0.29, 0.717) is 45.6 Å². The van der Waals surface area contributed by atoms with Crippen molar-refractivity contribution in [1.29, 1.82) is 0 Å². The smallest absolute Gasteiger partial charge is 0.263 e. The number of carbonyl (C=O) groups is 1. The molecule has 6 nitrogen and oxygen atoms in total. The number of amides is 1. The van der Waals surface area contributed by atoms with Crippen LogP contribution in [0.25, 0.3) is 11.3 Å². The standard InChI is InChI=1S/C25H19ClFN3O3S/c26-20-6-4-17(5-7-20)14-15-33-24-13-12-23(28-29-24)18-2-1-3-19(16-18)25(31)30-34(32)22-10-8-21(27)9-11-22/h1-13,16H,14-15H2,(H,30,31). The second-order valence-corrected chi connectivity index (χ2v) is 8.87. The van der Waals surface area contributed by atoms with Gasteiger partial charge in [0, 0.05) is 28.6 Å². The Morgan fingerprint density at radius 1 is 0.971 bits per heavy atom. The van der Waals surface area contributed by atoms with Crippen LogP contribution in [0.15, 0.2) is 89.8 Å². The Morgan fingerprint density at radius 3 is 2.44 bits per heavy atom. The van der Waals surface area contributed by atoms with Gasteiger partial charge in [-0.1, -0.05) is 35.9 Å². The van der Waals surface area contributed by atoms with Crippen LogP contribution in [0.3, 0.4) is 0 Å². The van der Waals surface area contributed by atoms with Crippen LogP contribution in [-0.4, -0.2) is 26.9 Å². The molecular weight excluding hydrogens is 477 g/mol. The van der Waals surface area contributed by atoms with E-state index in [9.17, 15) is 13.4 Å². The van der Waals surface area contributed by atoms with E-state index in [1.165, 1.54) is 24.3 Å². The number of aromatic nitrogens is 2. The van der Waals surface area contributed by atoms with Crippen molar-refractivity contribution < 1.29 is 18.1 Å². The maximum Gasteiger partial charge on any atom is 0.263 e. The Kier molecular flexibility index (Phi) is 7.61. The second kappa shape index (κ2) is 11.0. The van der Waals surface area contributed by atoms with Crippen LogP contribution in [0, 0.1) is 5.82 Å². The van der Waals surface area contributed by atoms with Gasteiger partial charge < -0.3 is 4.74 Å². The zero-order chi connectivity index (χ0) is 23.9. The molecule has 3 aromatic carbocycles. The van der Waals surface area contributed by atoms with Gasteiger partial charge in [0.2, 0.25) is 5.88 Å². The number of hydrogen-bond donors (Lipinski definition) is 1. The molecule has 1 aromatic heterocycles. The van der Waals surface area contributed by atoms with Gasteiger partial charge in [0.05, 0.1) is 17.2 Å². The van der Waals surface area contributed by atoms with Crippen molar-refractivity contribution in [3.8, 4) is 17.1 Å². The zero-order valence-electron chi connectivity index (χ0n) is 17.8. The van der Waals surface area contributed by atoms with Gasteiger partial charge in [-0.2, -0.15) is 0 Å². The van der Waals surface area contributed by atoms with Crippen LogP contribution in [0.4, 0.5) is 4.39 Å². The Hall–Kier alpha value is -3.62. The first-order chi connectivity index (χ1) is 16.5. The zero-order valence-corrected chi connectivity index (χ0v) is 19.4. The number of nitrogens with one attached hydrogen (secondary N) is 1. The van der Waals surface area contributed by atoms with Gasteiger partial charge in [-0.3, -0.25) is 9.52 Å². The van der Waals surface area contributed by atoms with Crippen molar-refractivity contribution in [1.82, 2.24) is 14.9 Å². The first-order valence-corrected chi connectivity index (χ1v) is 11.8. The Bertz CT molecular complexity index is 1300. The second-order valence-electron chi connectivity index (χ2n) is 7.22. The first-order valence-electron chi connectivity index (χ1n) is 10.3. The minimum atomic E-state index is -1.81. The van der Waals surface area contributed by atoms with Gasteiger partial charge in [0.1, 0.15) is 5.82 Å². The summed E-state index contributed by atoms with van der Waals surface area (Å²) in [6.45, 7) is 0.441. The molecule has 1 amide bonds. The molecule has 0 radical (unpaired) electrons. The molecule has 0 aliphatic rings. The molecule has 34 heavy (non-hydrogen) atoms. The van der Waals surface area contributed by atoms with Gasteiger partial charge in [0.15, 0.2) is 11.0 Å². The highest BCUT2D eigenvalue weighted by Gasteiger charge is 2.13. The maximum atomic E-state index is 13.0. The molecule has 172 valence electrons. The fourth-order valence-electron chi connectivity index (χ4n) is 3.06. The van der Waals surface area contributed by atoms with Gasteiger partial charge in [-0.15, -0.1) is 10.2 Å². The predicted molar refractivity (Wildman–Crippen MR) is 128 cm³/mol. The summed E-state index contributed by atoms with van der Waals surface area (Å²) in [6.07, 6.45) is 0.705. The average molecular weight is 496 g/mol. The van der Waals surface area contributed by atoms with Gasteiger partial charge in [-0.05, 0) is 60.2 Å². The molecule has 0 fully saturated rings. The largest absolute Gasteiger partial charge is 0.476 e. The summed E-state index contributed by atoms with van der Waals surface area (Å²) in [5.74, 6) is -0.584. The van der Waals surface area contributed by atoms with Crippen molar-refractivity contribution in [2.45, 2.75) is 11.3 Å². The summed E-state index contributed by atoms with van der Waals surface area (Å²) in [4.78, 5) is 12.8. The van der Waals surface area contributed by atoms with Gasteiger partial charge in [0.25, 0.3) is 5.91 Å². The molecular formula is C25H19ClFN3O3S. The quantitative estimate of drug-likeness (QED) is 0.371. The monoisotopic (exact) mass is 495 g/mol. The molecule has 0 aliphatic carbocycles. The summed E-state index contributed by atoms with van der Waals surface area (Å²) in [5, 5.41) is 8.97. The lowest BCUT2D eigenvalue weighted by molar-refractivity contribution is 0.0983. The Morgan fingerprint density at radius 2 is 1.74 bits per heavy atom. The van der Waals surface area contributed by atoms with Gasteiger partial charge >= 0.3 is 0 Å². The number of halogens is 2. The molecule has 9 heteroatoms. The van der Waals surface area contributed by atoms with E-state index in [1.807, 2.05) is 24.3 Å². The van der Waals surface area contributed by atoms with Crippen LogP contribution in [0.5, 0.6) is 5.88 Å². The highest BCUT2D eigenvalue weighted by atomic mass is 35.5. The van der Waals surface area contributed by atoms with Crippen LogP contribution in [0.1, 0.15) is 15.9 Å². The lowest BCUT2D eigenvalue weighted by Gasteiger charge is -2.08. The van der Waals surface area contributed by atoms with Crippen LogP contribution in [0.2, 0.25) is 5.02 Å². The van der Waals surface area contributed by atoms with Crippen molar-refractivity contribution in [3.05, 3.63) is 107 Å². The minimum absolute atomic E-state index is 0.295. The molecule has 0 saturated heterocycles. The molecule has 1 atom stereocenters. The van der Waals surface area contributed by atoms with Crippen LogP contribution < -0.4 is 9.46 Å². The van der Waals surface area contributed by atoms with Crippen LogP contribution >= 0.6 is 11.6 Å². The SMILES string of the molecule is O=C(NS(=O)c1ccc(F)cc1)c1cccc(-c2ccc(OCCc3ccc(Cl)cc3)nn2)c1. The molecule has 4 aromatic rings. The van der Waals surface area contributed by atoms with E-state index in [-0.39, 0.29) is 0 Å². The third-order valence-corrected chi connectivity index (χ3v) is 6.15. The third kappa shape index (κ3) is 6.24. The summed E-state index contributed by atoms with van der Waals surface area (Å²) in [6, 6.07) is 22.8. The third-order valence-electron chi connectivity index (χ3n) is 4.83. The summed E-state index contributed by atoms with van der Waals surface area (Å²) in [7, 11) is -1.81. The fraction of sp³-hybridized carbons (Fsp3) is 0.0800. The average Bonchev–Trinajstić information content (AvgIpc) is 2.86. The molecule has 0 spiro atoms. The lowest BCUT2D eigenvalue weighted by atomic mass is 10.1. The molecule has 0 aliphatic heterocycles. The molecule has 1 N–H and O–H groups in total. The van der Waals surface area contributed by atoms with Gasteiger partial charge in [-0.25, -0.2) is 8.60 Å². The predicted octanol–water partition coefficient (Wildman–Crippen LogP) is 5.01. The van der Waals surface area contributed by atoms with Crippen molar-refractivity contribution in [2.75, 3.05) is 6.61 Å². The number of rotatable bonds is 8. The lowest BCUT2D eigenvalue weighted by Crippen LogP contribution is -2.25. The Labute approximate surface area is 203 Å². The van der Waals surface area contributed by atoms with E-state index in [1.54, 1.807) is 36.4 Å². The molecule has 1 unspecified atom stereocenters. The normalized spacial score (nSPS) is 11.6. The molecule has 1 heterocycles. The van der Waals surface area contributed by atoms with Crippen LogP contribution in [-0.2, 0) is 17.4 Å². The molecule has 4 rings (SSSR count). The highest BCUT2D eigenvalue weighted by Crippen LogP contribution is 2.20. The van der Waals surface area contributed by atoms with E-state index >= 15 is 0 Å². The molecule has 0 saturated carbocycles. The maximum absolute atomic E-state index is 13.0. The topological polar surface area (TPSA) is 81.2 Å². The number of hydrogen-bond acceptors (Lipinski definition) is 5. The van der Waals surface area contributed by atoms with E-state index in [2.05, 4.69) is 14.9 Å². The number of ether oxygens (including phenoxy) is 1. The number of carbonyl (C=O) groups excluding carboxylic acids is 1. The van der Waals surface area contributed by atoms with Crippen molar-refractivity contribution >= 4 is 28.5 Å². The summed E-state index contributed by atoms with van der Waals surface area (Å²) < 4.78 is 33.4. The molecule has 0 bridgehead atoms. The van der Waals surface area contributed by atoms with E-state index in [4.69, 9.17) is 16.3 Å².